The van der Waals surface area contributed by atoms with Crippen molar-refractivity contribution < 1.29 is 0 Å². The third kappa shape index (κ3) is 4.28. The third-order valence-corrected chi connectivity index (χ3v) is 4.12. The minimum absolute atomic E-state index is 0.0373. The average Bonchev–Trinajstić information content (AvgIpc) is 2.35. The molecule has 1 aromatic carbocycles. The minimum Gasteiger partial charge on any atom is -0.198 e. The maximum atomic E-state index is 9.14. The fourth-order valence-electron chi connectivity index (χ4n) is 1.40. The number of hydrogen-bond acceptors (Lipinski definition) is 2. The molecule has 1 nitrogen and oxygen atoms in total. The quantitative estimate of drug-likeness (QED) is 0.739. The summed E-state index contributed by atoms with van der Waals surface area (Å²) in [4.78, 5) is 0. The molecule has 0 radical (unpaired) electrons. The summed E-state index contributed by atoms with van der Waals surface area (Å²) in [6, 6.07) is 12.5. The molecule has 0 aliphatic carbocycles. The molecule has 0 fully saturated rings. The maximum Gasteiger partial charge on any atom is 0.0803 e. The lowest BCUT2D eigenvalue weighted by molar-refractivity contribution is 0.636. The molecule has 16 heavy (non-hydrogen) atoms. The van der Waals surface area contributed by atoms with Gasteiger partial charge in [0.05, 0.1) is 12.0 Å². The molecule has 2 unspecified atom stereocenters. The molecule has 0 aliphatic heterocycles. The molecule has 0 N–H and O–H groups in total. The number of hydrogen-bond donors (Lipinski definition) is 0. The van der Waals surface area contributed by atoms with Gasteiger partial charge >= 0.3 is 0 Å². The number of nitriles is 1. The first-order valence-corrected chi connectivity index (χ1v) is 6.95. The Morgan fingerprint density at radius 3 is 2.50 bits per heavy atom. The average molecular weight is 233 g/mol. The van der Waals surface area contributed by atoms with E-state index in [0.29, 0.717) is 0 Å². The molecule has 2 atom stereocenters. The van der Waals surface area contributed by atoms with Crippen molar-refractivity contribution in [2.24, 2.45) is 5.92 Å². The third-order valence-electron chi connectivity index (χ3n) is 2.74. The lowest BCUT2D eigenvalue weighted by Crippen LogP contribution is -2.02. The van der Waals surface area contributed by atoms with E-state index in [1.807, 2.05) is 42.1 Å². The van der Waals surface area contributed by atoms with Crippen LogP contribution in [0.25, 0.3) is 0 Å². The first-order chi connectivity index (χ1) is 7.77. The summed E-state index contributed by atoms with van der Waals surface area (Å²) in [6.45, 7) is 4.47. The number of benzene rings is 1. The van der Waals surface area contributed by atoms with Crippen molar-refractivity contribution >= 4 is 11.8 Å². The summed E-state index contributed by atoms with van der Waals surface area (Å²) in [7, 11) is 0. The topological polar surface area (TPSA) is 23.8 Å². The Balaban J connectivity index is 2.42. The van der Waals surface area contributed by atoms with E-state index in [1.54, 1.807) is 0 Å². The molecule has 1 rings (SSSR count). The highest BCUT2D eigenvalue weighted by molar-refractivity contribution is 7.99. The second-order valence-corrected chi connectivity index (χ2v) is 5.22. The van der Waals surface area contributed by atoms with Crippen LogP contribution in [0.5, 0.6) is 0 Å². The van der Waals surface area contributed by atoms with Crippen molar-refractivity contribution in [3.8, 4) is 6.07 Å². The molecule has 0 aliphatic rings. The summed E-state index contributed by atoms with van der Waals surface area (Å²) in [6.07, 6.45) is 1.22. The Labute approximate surface area is 103 Å². The molecular weight excluding hydrogens is 214 g/mol. The van der Waals surface area contributed by atoms with Gasteiger partial charge in [-0.15, -0.1) is 0 Å². The van der Waals surface area contributed by atoms with Gasteiger partial charge in [0.1, 0.15) is 0 Å². The fraction of sp³-hybridized carbons (Fsp3) is 0.500. The van der Waals surface area contributed by atoms with Crippen molar-refractivity contribution in [2.45, 2.75) is 26.2 Å². The summed E-state index contributed by atoms with van der Waals surface area (Å²) in [5.74, 6) is 2.85. The van der Waals surface area contributed by atoms with Gasteiger partial charge < -0.3 is 0 Å². The van der Waals surface area contributed by atoms with Gasteiger partial charge in [-0.05, 0) is 17.2 Å². The van der Waals surface area contributed by atoms with Crippen LogP contribution in [0, 0.1) is 17.2 Å². The van der Waals surface area contributed by atoms with Gasteiger partial charge in [0.25, 0.3) is 0 Å². The van der Waals surface area contributed by atoms with E-state index in [2.05, 4.69) is 19.9 Å². The number of rotatable bonds is 6. The molecular formula is C14H19NS. The van der Waals surface area contributed by atoms with E-state index in [0.717, 1.165) is 23.0 Å². The Bertz CT molecular complexity index is 328. The van der Waals surface area contributed by atoms with Gasteiger partial charge in [-0.3, -0.25) is 0 Å². The second-order valence-electron chi connectivity index (χ2n) is 4.14. The number of nitrogens with zero attached hydrogens (tertiary/aromatic N) is 1. The van der Waals surface area contributed by atoms with E-state index in [-0.39, 0.29) is 5.92 Å². The molecule has 2 heteroatoms. The van der Waals surface area contributed by atoms with Gasteiger partial charge in [0, 0.05) is 5.75 Å². The zero-order valence-electron chi connectivity index (χ0n) is 10.0. The Morgan fingerprint density at radius 2 is 1.94 bits per heavy atom. The van der Waals surface area contributed by atoms with Crippen LogP contribution < -0.4 is 0 Å². The molecule has 0 saturated carbocycles. The molecule has 0 spiro atoms. The van der Waals surface area contributed by atoms with Crippen molar-refractivity contribution in [1.82, 2.24) is 0 Å². The summed E-state index contributed by atoms with van der Waals surface area (Å²) in [5, 5.41) is 9.14. The predicted octanol–water partition coefficient (Wildman–Crippen LogP) is 4.07. The zero-order chi connectivity index (χ0) is 11.8. The van der Waals surface area contributed by atoms with Crippen molar-refractivity contribution in [3.63, 3.8) is 0 Å². The molecule has 0 amide bonds. The van der Waals surface area contributed by atoms with Crippen molar-refractivity contribution in [2.75, 3.05) is 11.5 Å². The lowest BCUT2D eigenvalue weighted by atomic mass is 10.0. The van der Waals surface area contributed by atoms with Gasteiger partial charge in [0.15, 0.2) is 0 Å². The van der Waals surface area contributed by atoms with Crippen LogP contribution in [-0.4, -0.2) is 11.5 Å². The van der Waals surface area contributed by atoms with Crippen LogP contribution >= 0.6 is 11.8 Å². The van der Waals surface area contributed by atoms with Gasteiger partial charge in [-0.25, -0.2) is 0 Å². The van der Waals surface area contributed by atoms with Crippen LogP contribution in [-0.2, 0) is 0 Å². The monoisotopic (exact) mass is 233 g/mol. The highest BCUT2D eigenvalue weighted by Crippen LogP contribution is 2.22. The summed E-state index contributed by atoms with van der Waals surface area (Å²) in [5.41, 5.74) is 1.14. The number of thioether (sulfide) groups is 1. The van der Waals surface area contributed by atoms with E-state index in [9.17, 15) is 0 Å². The van der Waals surface area contributed by atoms with E-state index < -0.39 is 0 Å². The summed E-state index contributed by atoms with van der Waals surface area (Å²) < 4.78 is 0. The maximum absolute atomic E-state index is 9.14. The predicted molar refractivity (Wildman–Crippen MR) is 71.6 cm³/mol. The highest BCUT2D eigenvalue weighted by Gasteiger charge is 2.10. The van der Waals surface area contributed by atoms with Crippen LogP contribution in [0.4, 0.5) is 0 Å². The molecule has 1 aromatic rings. The van der Waals surface area contributed by atoms with Crippen LogP contribution in [0.3, 0.4) is 0 Å². The Kier molecular flexibility index (Phi) is 6.03. The lowest BCUT2D eigenvalue weighted by Gasteiger charge is -2.11. The van der Waals surface area contributed by atoms with Gasteiger partial charge in [-0.1, -0.05) is 50.6 Å². The van der Waals surface area contributed by atoms with Crippen molar-refractivity contribution in [1.29, 1.82) is 5.26 Å². The molecule has 0 bridgehead atoms. The van der Waals surface area contributed by atoms with Crippen molar-refractivity contribution in [3.05, 3.63) is 35.9 Å². The standard InChI is InChI=1S/C14H19NS/c1-3-12(2)10-16-11-14(9-15)13-7-5-4-6-8-13/h4-8,12,14H,3,10-11H2,1-2H3. The molecule has 0 saturated heterocycles. The van der Waals surface area contributed by atoms with E-state index in [1.165, 1.54) is 6.42 Å². The molecule has 86 valence electrons. The van der Waals surface area contributed by atoms with Gasteiger partial charge in [0.2, 0.25) is 0 Å². The van der Waals surface area contributed by atoms with Crippen LogP contribution in [0.2, 0.25) is 0 Å². The van der Waals surface area contributed by atoms with Crippen LogP contribution in [0.15, 0.2) is 30.3 Å². The zero-order valence-corrected chi connectivity index (χ0v) is 10.8. The molecule has 0 aromatic heterocycles. The van der Waals surface area contributed by atoms with Crippen LogP contribution in [0.1, 0.15) is 31.7 Å². The highest BCUT2D eigenvalue weighted by atomic mass is 32.2. The fourth-order valence-corrected chi connectivity index (χ4v) is 2.68. The Hall–Kier alpha value is -0.940. The Morgan fingerprint density at radius 1 is 1.25 bits per heavy atom. The minimum atomic E-state index is 0.0373. The summed E-state index contributed by atoms with van der Waals surface area (Å²) >= 11 is 1.89. The smallest absolute Gasteiger partial charge is 0.0803 e. The first-order valence-electron chi connectivity index (χ1n) is 5.80. The van der Waals surface area contributed by atoms with E-state index in [4.69, 9.17) is 5.26 Å². The SMILES string of the molecule is CCC(C)CSCC(C#N)c1ccccc1. The first kappa shape index (κ1) is 13.1. The van der Waals surface area contributed by atoms with E-state index >= 15 is 0 Å². The second kappa shape index (κ2) is 7.35. The largest absolute Gasteiger partial charge is 0.198 e. The van der Waals surface area contributed by atoms with Gasteiger partial charge in [-0.2, -0.15) is 17.0 Å². The normalized spacial score (nSPS) is 14.1. The molecule has 0 heterocycles.